The van der Waals surface area contributed by atoms with E-state index >= 15 is 0 Å². The highest BCUT2D eigenvalue weighted by Gasteiger charge is 2.42. The first-order valence-electron chi connectivity index (χ1n) is 8.64. The molecule has 1 unspecified atom stereocenters. The van der Waals surface area contributed by atoms with Gasteiger partial charge in [-0.05, 0) is 25.5 Å². The van der Waals surface area contributed by atoms with Gasteiger partial charge in [0.05, 0.1) is 12.0 Å². The van der Waals surface area contributed by atoms with Gasteiger partial charge >= 0.3 is 12.0 Å². The van der Waals surface area contributed by atoms with Crippen LogP contribution in [-0.4, -0.2) is 40.1 Å². The number of aliphatic carboxylic acids is 1. The van der Waals surface area contributed by atoms with Crippen molar-refractivity contribution in [2.24, 2.45) is 5.41 Å². The van der Waals surface area contributed by atoms with E-state index in [2.05, 4.69) is 10.3 Å². The van der Waals surface area contributed by atoms with E-state index in [4.69, 9.17) is 4.42 Å². The fourth-order valence-corrected chi connectivity index (χ4v) is 3.91. The third-order valence-corrected chi connectivity index (χ3v) is 5.75. The number of fused-ring (bicyclic) bond motifs is 1. The fourth-order valence-electron chi connectivity index (χ4n) is 3.19. The lowest BCUT2D eigenvalue weighted by Crippen LogP contribution is -2.40. The van der Waals surface area contributed by atoms with Crippen LogP contribution in [0.2, 0.25) is 0 Å². The lowest BCUT2D eigenvalue weighted by atomic mass is 9.90. The predicted molar refractivity (Wildman–Crippen MR) is 101 cm³/mol. The van der Waals surface area contributed by atoms with Crippen molar-refractivity contribution in [3.05, 3.63) is 40.7 Å². The molecule has 1 saturated heterocycles. The molecule has 1 atom stereocenters. The molecule has 0 saturated carbocycles. The van der Waals surface area contributed by atoms with Crippen LogP contribution >= 0.6 is 11.3 Å². The molecule has 1 aliphatic heterocycles. The first-order chi connectivity index (χ1) is 12.9. The van der Waals surface area contributed by atoms with E-state index in [1.807, 2.05) is 35.7 Å². The SMILES string of the molecule is CC1(C(=O)O)CCN(C(=O)NCc2nc(-c3cc4ccccc4o3)cs2)C1. The minimum absolute atomic E-state index is 0.219. The minimum Gasteiger partial charge on any atom is -0.481 e. The Kier molecular flexibility index (Phi) is 4.35. The Morgan fingerprint density at radius 2 is 2.22 bits per heavy atom. The van der Waals surface area contributed by atoms with Gasteiger partial charge in [-0.2, -0.15) is 0 Å². The van der Waals surface area contributed by atoms with E-state index in [-0.39, 0.29) is 12.6 Å². The number of amides is 2. The summed E-state index contributed by atoms with van der Waals surface area (Å²) in [6, 6.07) is 9.46. The molecule has 2 amide bonds. The number of hydrogen-bond acceptors (Lipinski definition) is 5. The number of hydrogen-bond donors (Lipinski definition) is 2. The number of nitrogens with one attached hydrogen (secondary N) is 1. The van der Waals surface area contributed by atoms with Gasteiger partial charge in [0.1, 0.15) is 16.3 Å². The summed E-state index contributed by atoms with van der Waals surface area (Å²) in [7, 11) is 0. The van der Waals surface area contributed by atoms with Crippen LogP contribution in [0.1, 0.15) is 18.4 Å². The lowest BCUT2D eigenvalue weighted by molar-refractivity contribution is -0.147. The Labute approximate surface area is 159 Å². The van der Waals surface area contributed by atoms with Crippen molar-refractivity contribution in [2.75, 3.05) is 13.1 Å². The molecule has 27 heavy (non-hydrogen) atoms. The Hall–Kier alpha value is -2.87. The molecule has 0 aliphatic carbocycles. The third-order valence-electron chi connectivity index (χ3n) is 4.90. The van der Waals surface area contributed by atoms with E-state index in [1.165, 1.54) is 11.3 Å². The summed E-state index contributed by atoms with van der Waals surface area (Å²) >= 11 is 1.45. The molecule has 0 radical (unpaired) electrons. The zero-order valence-electron chi connectivity index (χ0n) is 14.8. The molecule has 3 aromatic rings. The number of aromatic nitrogens is 1. The second-order valence-corrected chi connectivity index (χ2v) is 7.91. The van der Waals surface area contributed by atoms with Crippen molar-refractivity contribution in [3.8, 4) is 11.5 Å². The van der Waals surface area contributed by atoms with Crippen LogP contribution in [0, 0.1) is 5.41 Å². The second kappa shape index (κ2) is 6.70. The Balaban J connectivity index is 1.38. The van der Waals surface area contributed by atoms with E-state index in [0.29, 0.717) is 25.3 Å². The lowest BCUT2D eigenvalue weighted by Gasteiger charge is -2.20. The maximum atomic E-state index is 12.3. The topological polar surface area (TPSA) is 95.7 Å². The standard InChI is InChI=1S/C19H19N3O4S/c1-19(17(23)24)6-7-22(11-19)18(25)20-9-16-21-13(10-27-16)15-8-12-4-2-3-5-14(12)26-15/h2-5,8,10H,6-7,9,11H2,1H3,(H,20,25)(H,23,24). The maximum Gasteiger partial charge on any atom is 0.317 e. The van der Waals surface area contributed by atoms with Crippen molar-refractivity contribution in [3.63, 3.8) is 0 Å². The smallest absolute Gasteiger partial charge is 0.317 e. The number of carboxylic acid groups (broad SMARTS) is 1. The molecule has 1 aromatic carbocycles. The summed E-state index contributed by atoms with van der Waals surface area (Å²) in [6.07, 6.45) is 0.462. The first-order valence-corrected chi connectivity index (χ1v) is 9.52. The van der Waals surface area contributed by atoms with Crippen LogP contribution in [0.5, 0.6) is 0 Å². The van der Waals surface area contributed by atoms with Crippen molar-refractivity contribution in [1.29, 1.82) is 0 Å². The number of furan rings is 1. The maximum absolute atomic E-state index is 12.3. The highest BCUT2D eigenvalue weighted by molar-refractivity contribution is 7.09. The average Bonchev–Trinajstić information content (AvgIpc) is 3.37. The van der Waals surface area contributed by atoms with Gasteiger partial charge in [0.15, 0.2) is 5.76 Å². The number of carbonyl (C=O) groups excluding carboxylic acids is 1. The number of carboxylic acids is 1. The number of thiazole rings is 1. The molecule has 1 aliphatic rings. The molecule has 140 valence electrons. The molecule has 2 N–H and O–H groups in total. The van der Waals surface area contributed by atoms with E-state index in [9.17, 15) is 14.7 Å². The average molecular weight is 385 g/mol. The van der Waals surface area contributed by atoms with Crippen molar-refractivity contribution >= 4 is 34.3 Å². The summed E-state index contributed by atoms with van der Waals surface area (Å²) in [5, 5.41) is 15.8. The van der Waals surface area contributed by atoms with Crippen LogP contribution in [0.4, 0.5) is 4.79 Å². The highest BCUT2D eigenvalue weighted by Crippen LogP contribution is 2.30. The van der Waals surface area contributed by atoms with Crippen LogP contribution in [0.15, 0.2) is 40.1 Å². The summed E-state index contributed by atoms with van der Waals surface area (Å²) in [4.78, 5) is 29.7. The van der Waals surface area contributed by atoms with E-state index in [1.54, 1.807) is 11.8 Å². The molecule has 2 aromatic heterocycles. The Morgan fingerprint density at radius 1 is 1.41 bits per heavy atom. The minimum atomic E-state index is -0.868. The van der Waals surface area contributed by atoms with Crippen molar-refractivity contribution in [1.82, 2.24) is 15.2 Å². The van der Waals surface area contributed by atoms with Crippen molar-refractivity contribution < 1.29 is 19.1 Å². The number of benzene rings is 1. The quantitative estimate of drug-likeness (QED) is 0.716. The number of urea groups is 1. The molecule has 0 bridgehead atoms. The van der Waals surface area contributed by atoms with Gasteiger partial charge < -0.3 is 19.7 Å². The van der Waals surface area contributed by atoms with Gasteiger partial charge in [-0.15, -0.1) is 11.3 Å². The van der Waals surface area contributed by atoms with Crippen LogP contribution in [-0.2, 0) is 11.3 Å². The van der Waals surface area contributed by atoms with Crippen LogP contribution < -0.4 is 5.32 Å². The van der Waals surface area contributed by atoms with Gasteiger partial charge in [-0.1, -0.05) is 18.2 Å². The number of rotatable bonds is 4. The van der Waals surface area contributed by atoms with Gasteiger partial charge in [0.25, 0.3) is 0 Å². The zero-order valence-corrected chi connectivity index (χ0v) is 15.6. The van der Waals surface area contributed by atoms with Crippen LogP contribution in [0.25, 0.3) is 22.4 Å². The number of nitrogens with zero attached hydrogens (tertiary/aromatic N) is 2. The highest BCUT2D eigenvalue weighted by atomic mass is 32.1. The summed E-state index contributed by atoms with van der Waals surface area (Å²) < 4.78 is 5.81. The predicted octanol–water partition coefficient (Wildman–Crippen LogP) is 3.56. The van der Waals surface area contributed by atoms with Crippen molar-refractivity contribution in [2.45, 2.75) is 19.9 Å². The normalized spacial score (nSPS) is 19.5. The van der Waals surface area contributed by atoms with Crippen LogP contribution in [0.3, 0.4) is 0 Å². The monoisotopic (exact) mass is 385 g/mol. The summed E-state index contributed by atoms with van der Waals surface area (Å²) in [5.74, 6) is -0.171. The third kappa shape index (κ3) is 3.40. The van der Waals surface area contributed by atoms with Gasteiger partial charge in [0, 0.05) is 23.9 Å². The number of carbonyl (C=O) groups is 2. The number of likely N-dealkylation sites (tertiary alicyclic amines) is 1. The summed E-state index contributed by atoms with van der Waals surface area (Å²) in [6.45, 7) is 2.63. The van der Waals surface area contributed by atoms with E-state index in [0.717, 1.165) is 21.7 Å². The Morgan fingerprint density at radius 3 is 2.96 bits per heavy atom. The van der Waals surface area contributed by atoms with Gasteiger partial charge in [-0.3, -0.25) is 4.79 Å². The molecular formula is C19H19N3O4S. The number of para-hydroxylation sites is 1. The van der Waals surface area contributed by atoms with Gasteiger partial charge in [-0.25, -0.2) is 9.78 Å². The zero-order chi connectivity index (χ0) is 19.0. The second-order valence-electron chi connectivity index (χ2n) is 6.97. The molecule has 1 fully saturated rings. The molecule has 0 spiro atoms. The van der Waals surface area contributed by atoms with E-state index < -0.39 is 11.4 Å². The molecule has 8 heteroatoms. The molecule has 4 rings (SSSR count). The largest absolute Gasteiger partial charge is 0.481 e. The molecule has 3 heterocycles. The molecule has 7 nitrogen and oxygen atoms in total. The first kappa shape index (κ1) is 17.5. The Bertz CT molecular complexity index is 978. The molecular weight excluding hydrogens is 366 g/mol. The summed E-state index contributed by atoms with van der Waals surface area (Å²) in [5.41, 5.74) is 0.679. The van der Waals surface area contributed by atoms with Gasteiger partial charge in [0.2, 0.25) is 0 Å². The fraction of sp³-hybridized carbons (Fsp3) is 0.316.